The van der Waals surface area contributed by atoms with E-state index in [-0.39, 0.29) is 11.0 Å². The zero-order valence-corrected chi connectivity index (χ0v) is 17.2. The fourth-order valence-electron chi connectivity index (χ4n) is 2.04. The molecule has 0 saturated carbocycles. The molecule has 0 bridgehead atoms. The van der Waals surface area contributed by atoms with Crippen molar-refractivity contribution in [1.29, 1.82) is 0 Å². The summed E-state index contributed by atoms with van der Waals surface area (Å²) in [5.41, 5.74) is 0.801. The van der Waals surface area contributed by atoms with Crippen molar-refractivity contribution in [3.8, 4) is 0 Å². The monoisotopic (exact) mass is 506 g/mol. The number of hydrogen-bond donors (Lipinski definition) is 2. The Balaban J connectivity index is 1.76. The van der Waals surface area contributed by atoms with E-state index in [9.17, 15) is 4.79 Å². The molecule has 3 aromatic rings. The van der Waals surface area contributed by atoms with Crippen LogP contribution in [0.3, 0.4) is 0 Å². The molecule has 0 aliphatic rings. The normalized spacial score (nSPS) is 10.6. The minimum atomic E-state index is -0.347. The summed E-state index contributed by atoms with van der Waals surface area (Å²) in [4.78, 5) is 12.8. The lowest BCUT2D eigenvalue weighted by atomic mass is 10.2. The van der Waals surface area contributed by atoms with Gasteiger partial charge in [0.1, 0.15) is 4.88 Å². The number of carbonyl (C=O) groups excluding carboxylic acids is 1. The summed E-state index contributed by atoms with van der Waals surface area (Å²) >= 11 is 21.0. The van der Waals surface area contributed by atoms with E-state index in [0.717, 1.165) is 19.3 Å². The standard InChI is InChI=1S/C16H9Cl2IN2OS2/c17-8-1-6-11-12(7-8)24-14(13(11)18)15(22)21-16(23)20-10-4-2-9(19)3-5-10/h1-7H,(H2,20,21,22,23). The Hall–Kier alpha value is -0.930. The number of halogens is 3. The van der Waals surface area contributed by atoms with Crippen LogP contribution in [0.25, 0.3) is 10.1 Å². The maximum atomic E-state index is 12.4. The predicted molar refractivity (Wildman–Crippen MR) is 115 cm³/mol. The number of thiocarbonyl (C=S) groups is 1. The van der Waals surface area contributed by atoms with E-state index in [0.29, 0.717) is 14.9 Å². The van der Waals surface area contributed by atoms with Gasteiger partial charge >= 0.3 is 0 Å². The van der Waals surface area contributed by atoms with Crippen LogP contribution in [0.15, 0.2) is 42.5 Å². The first-order valence-corrected chi connectivity index (χ1v) is 9.75. The number of thiophene rings is 1. The molecule has 0 unspecified atom stereocenters. The number of fused-ring (bicyclic) bond motifs is 1. The molecule has 1 amide bonds. The Labute approximate surface area is 171 Å². The zero-order valence-electron chi connectivity index (χ0n) is 11.9. The van der Waals surface area contributed by atoms with Crippen molar-refractivity contribution >= 4 is 96.1 Å². The van der Waals surface area contributed by atoms with E-state index < -0.39 is 0 Å². The van der Waals surface area contributed by atoms with Crippen molar-refractivity contribution in [3.63, 3.8) is 0 Å². The minimum Gasteiger partial charge on any atom is -0.332 e. The predicted octanol–water partition coefficient (Wildman–Crippen LogP) is 5.94. The molecule has 0 atom stereocenters. The van der Waals surface area contributed by atoms with Gasteiger partial charge in [0.2, 0.25) is 0 Å². The molecule has 122 valence electrons. The first-order chi connectivity index (χ1) is 11.4. The first kappa shape index (κ1) is 17.9. The average Bonchev–Trinajstić information content (AvgIpc) is 2.86. The maximum absolute atomic E-state index is 12.4. The van der Waals surface area contributed by atoms with Crippen molar-refractivity contribution in [1.82, 2.24) is 5.32 Å². The Bertz CT molecular complexity index is 941. The summed E-state index contributed by atoms with van der Waals surface area (Å²) < 4.78 is 1.97. The van der Waals surface area contributed by atoms with Crippen LogP contribution in [0.4, 0.5) is 5.69 Å². The SMILES string of the molecule is O=C(NC(=S)Nc1ccc(I)cc1)c1sc2cc(Cl)ccc2c1Cl. The molecule has 8 heteroatoms. The molecule has 0 aliphatic carbocycles. The molecule has 2 N–H and O–H groups in total. The Morgan fingerprint density at radius 3 is 2.54 bits per heavy atom. The summed E-state index contributed by atoms with van der Waals surface area (Å²) in [6, 6.07) is 13.0. The van der Waals surface area contributed by atoms with Gasteiger partial charge in [-0.3, -0.25) is 10.1 Å². The number of carbonyl (C=O) groups is 1. The van der Waals surface area contributed by atoms with Gasteiger partial charge in [-0.1, -0.05) is 29.3 Å². The van der Waals surface area contributed by atoms with Crippen LogP contribution >= 0.6 is 69.3 Å². The van der Waals surface area contributed by atoms with E-state index in [2.05, 4.69) is 33.2 Å². The van der Waals surface area contributed by atoms with E-state index in [4.69, 9.17) is 35.4 Å². The van der Waals surface area contributed by atoms with Gasteiger partial charge in [-0.2, -0.15) is 0 Å². The second kappa shape index (κ2) is 7.53. The molecule has 1 heterocycles. The lowest BCUT2D eigenvalue weighted by Gasteiger charge is -2.09. The van der Waals surface area contributed by atoms with E-state index >= 15 is 0 Å². The molecule has 0 radical (unpaired) electrons. The smallest absolute Gasteiger partial charge is 0.269 e. The van der Waals surface area contributed by atoms with Crippen molar-refractivity contribution < 1.29 is 4.79 Å². The Morgan fingerprint density at radius 1 is 1.12 bits per heavy atom. The van der Waals surface area contributed by atoms with Gasteiger partial charge in [0.15, 0.2) is 5.11 Å². The quantitative estimate of drug-likeness (QED) is 0.334. The number of rotatable bonds is 2. The maximum Gasteiger partial charge on any atom is 0.269 e. The van der Waals surface area contributed by atoms with Crippen LogP contribution < -0.4 is 10.6 Å². The lowest BCUT2D eigenvalue weighted by Crippen LogP contribution is -2.33. The molecule has 3 rings (SSSR count). The summed E-state index contributed by atoms with van der Waals surface area (Å²) in [7, 11) is 0. The molecular weight excluding hydrogens is 498 g/mol. The van der Waals surface area contributed by atoms with Crippen molar-refractivity contribution in [2.75, 3.05) is 5.32 Å². The number of nitrogens with one attached hydrogen (secondary N) is 2. The number of benzene rings is 2. The van der Waals surface area contributed by atoms with Crippen molar-refractivity contribution in [3.05, 3.63) is 61.0 Å². The van der Waals surface area contributed by atoms with Gasteiger partial charge in [0, 0.05) is 24.4 Å². The molecule has 1 aromatic heterocycles. The summed E-state index contributed by atoms with van der Waals surface area (Å²) in [6.07, 6.45) is 0. The molecule has 2 aromatic carbocycles. The molecule has 0 saturated heterocycles. The van der Waals surface area contributed by atoms with E-state index in [1.807, 2.05) is 24.3 Å². The van der Waals surface area contributed by atoms with Gasteiger partial charge < -0.3 is 5.32 Å². The third-order valence-corrected chi connectivity index (χ3v) is 5.94. The molecule has 24 heavy (non-hydrogen) atoms. The molecule has 0 aliphatic heterocycles. The van der Waals surface area contributed by atoms with Crippen LogP contribution in [-0.4, -0.2) is 11.0 Å². The van der Waals surface area contributed by atoms with Crippen molar-refractivity contribution in [2.24, 2.45) is 0 Å². The van der Waals surface area contributed by atoms with Gasteiger partial charge in [-0.15, -0.1) is 11.3 Å². The van der Waals surface area contributed by atoms with Gasteiger partial charge in [0.25, 0.3) is 5.91 Å². The number of hydrogen-bond acceptors (Lipinski definition) is 3. The summed E-state index contributed by atoms with van der Waals surface area (Å²) in [5, 5.41) is 7.64. The fraction of sp³-hybridized carbons (Fsp3) is 0. The van der Waals surface area contributed by atoms with Crippen LogP contribution in [-0.2, 0) is 0 Å². The number of amides is 1. The van der Waals surface area contributed by atoms with E-state index in [1.165, 1.54) is 11.3 Å². The molecular formula is C16H9Cl2IN2OS2. The highest BCUT2D eigenvalue weighted by Crippen LogP contribution is 2.36. The Morgan fingerprint density at radius 2 is 1.83 bits per heavy atom. The van der Waals surface area contributed by atoms with Crippen LogP contribution in [0.2, 0.25) is 10.0 Å². The highest BCUT2D eigenvalue weighted by Gasteiger charge is 2.18. The Kier molecular flexibility index (Phi) is 5.61. The molecule has 0 spiro atoms. The second-order valence-electron chi connectivity index (χ2n) is 4.80. The minimum absolute atomic E-state index is 0.216. The first-order valence-electron chi connectivity index (χ1n) is 6.69. The fourth-order valence-corrected chi connectivity index (χ4v) is 4.30. The van der Waals surface area contributed by atoms with Gasteiger partial charge in [-0.25, -0.2) is 0 Å². The average molecular weight is 507 g/mol. The lowest BCUT2D eigenvalue weighted by molar-refractivity contribution is 0.0982. The van der Waals surface area contributed by atoms with E-state index in [1.54, 1.807) is 18.2 Å². The van der Waals surface area contributed by atoms with Crippen LogP contribution in [0.5, 0.6) is 0 Å². The van der Waals surface area contributed by atoms with Crippen LogP contribution in [0, 0.1) is 3.57 Å². The third kappa shape index (κ3) is 4.00. The van der Waals surface area contributed by atoms with Crippen LogP contribution in [0.1, 0.15) is 9.67 Å². The zero-order chi connectivity index (χ0) is 17.3. The summed E-state index contributed by atoms with van der Waals surface area (Å²) in [6.45, 7) is 0. The second-order valence-corrected chi connectivity index (χ2v) is 8.32. The number of anilines is 1. The molecule has 3 nitrogen and oxygen atoms in total. The van der Waals surface area contributed by atoms with Gasteiger partial charge in [0.05, 0.1) is 5.02 Å². The highest BCUT2D eigenvalue weighted by atomic mass is 127. The highest BCUT2D eigenvalue weighted by molar-refractivity contribution is 14.1. The van der Waals surface area contributed by atoms with Gasteiger partial charge in [-0.05, 0) is 71.2 Å². The largest absolute Gasteiger partial charge is 0.332 e. The van der Waals surface area contributed by atoms with Crippen molar-refractivity contribution in [2.45, 2.75) is 0 Å². The third-order valence-electron chi connectivity index (χ3n) is 3.13. The summed E-state index contributed by atoms with van der Waals surface area (Å²) in [5.74, 6) is -0.347. The topological polar surface area (TPSA) is 41.1 Å². The molecule has 0 fully saturated rings.